The van der Waals surface area contributed by atoms with Crippen LogP contribution in [0.3, 0.4) is 0 Å². The molecule has 1 aromatic carbocycles. The van der Waals surface area contributed by atoms with Gasteiger partial charge in [0.05, 0.1) is 32.0 Å². The Morgan fingerprint density at radius 1 is 1.38 bits per heavy atom. The number of methoxy groups -OCH3 is 2. The molecule has 0 aliphatic rings. The van der Waals surface area contributed by atoms with Crippen molar-refractivity contribution < 1.29 is 14.3 Å². The third-order valence-electron chi connectivity index (χ3n) is 3.14. The lowest BCUT2D eigenvalue weighted by molar-refractivity contribution is 0.0950. The summed E-state index contributed by atoms with van der Waals surface area (Å²) in [7, 11) is 4.86. The number of imidazole rings is 1. The van der Waals surface area contributed by atoms with Crippen molar-refractivity contribution in [1.29, 1.82) is 0 Å². The molecule has 3 N–H and O–H groups in total. The minimum atomic E-state index is -0.312. The van der Waals surface area contributed by atoms with Crippen molar-refractivity contribution in [2.75, 3.05) is 20.0 Å². The maximum absolute atomic E-state index is 12.3. The van der Waals surface area contributed by atoms with E-state index in [0.717, 1.165) is 5.82 Å². The molecule has 0 saturated heterocycles. The first-order valence-corrected chi connectivity index (χ1v) is 6.32. The number of aromatic nitrogens is 2. The number of hydrogen-bond donors (Lipinski definition) is 2. The van der Waals surface area contributed by atoms with Gasteiger partial charge in [0.2, 0.25) is 0 Å². The third kappa shape index (κ3) is 3.07. The Morgan fingerprint density at radius 2 is 2.14 bits per heavy atom. The van der Waals surface area contributed by atoms with E-state index in [9.17, 15) is 4.79 Å². The fourth-order valence-electron chi connectivity index (χ4n) is 1.90. The van der Waals surface area contributed by atoms with Crippen molar-refractivity contribution in [2.45, 2.75) is 6.54 Å². The van der Waals surface area contributed by atoms with Crippen LogP contribution in [0.2, 0.25) is 0 Å². The molecule has 1 aromatic heterocycles. The van der Waals surface area contributed by atoms with Crippen molar-refractivity contribution in [3.8, 4) is 11.5 Å². The van der Waals surface area contributed by atoms with E-state index in [0.29, 0.717) is 23.6 Å². The molecule has 1 amide bonds. The Balaban J connectivity index is 2.20. The summed E-state index contributed by atoms with van der Waals surface area (Å²) in [5.74, 6) is 1.34. The van der Waals surface area contributed by atoms with Crippen LogP contribution in [0.5, 0.6) is 11.5 Å². The maximum Gasteiger partial charge on any atom is 0.254 e. The van der Waals surface area contributed by atoms with E-state index in [1.807, 2.05) is 17.8 Å². The van der Waals surface area contributed by atoms with Crippen LogP contribution in [0.4, 0.5) is 5.69 Å². The number of hydrogen-bond acceptors (Lipinski definition) is 5. The van der Waals surface area contributed by atoms with E-state index in [-0.39, 0.29) is 11.6 Å². The third-order valence-corrected chi connectivity index (χ3v) is 3.14. The molecule has 0 radical (unpaired) electrons. The second-order valence-corrected chi connectivity index (χ2v) is 4.43. The van der Waals surface area contributed by atoms with Crippen LogP contribution in [0.25, 0.3) is 0 Å². The van der Waals surface area contributed by atoms with Gasteiger partial charge in [-0.25, -0.2) is 4.98 Å². The van der Waals surface area contributed by atoms with Gasteiger partial charge in [0.1, 0.15) is 17.3 Å². The van der Waals surface area contributed by atoms with Gasteiger partial charge in [-0.15, -0.1) is 0 Å². The monoisotopic (exact) mass is 290 g/mol. The maximum atomic E-state index is 12.3. The summed E-state index contributed by atoms with van der Waals surface area (Å²) < 4.78 is 12.1. The summed E-state index contributed by atoms with van der Waals surface area (Å²) in [5, 5.41) is 2.77. The number of amides is 1. The molecule has 0 unspecified atom stereocenters. The summed E-state index contributed by atoms with van der Waals surface area (Å²) in [6.45, 7) is 0.307. The summed E-state index contributed by atoms with van der Waals surface area (Å²) >= 11 is 0. The molecule has 21 heavy (non-hydrogen) atoms. The number of benzene rings is 1. The lowest BCUT2D eigenvalue weighted by atomic mass is 10.1. The van der Waals surface area contributed by atoms with E-state index in [1.165, 1.54) is 14.2 Å². The topological polar surface area (TPSA) is 91.4 Å². The molecule has 0 saturated carbocycles. The molecule has 0 atom stereocenters. The molecule has 0 fully saturated rings. The summed E-state index contributed by atoms with van der Waals surface area (Å²) in [6.07, 6.45) is 3.48. The lowest BCUT2D eigenvalue weighted by Crippen LogP contribution is -2.25. The highest BCUT2D eigenvalue weighted by atomic mass is 16.5. The van der Waals surface area contributed by atoms with Gasteiger partial charge in [-0.05, 0) is 6.07 Å². The van der Waals surface area contributed by atoms with E-state index < -0.39 is 0 Å². The van der Waals surface area contributed by atoms with Crippen LogP contribution in [0, 0.1) is 0 Å². The van der Waals surface area contributed by atoms with Crippen molar-refractivity contribution >= 4 is 11.6 Å². The smallest absolute Gasteiger partial charge is 0.254 e. The number of nitrogen functional groups attached to an aromatic ring is 1. The Morgan fingerprint density at radius 3 is 2.71 bits per heavy atom. The van der Waals surface area contributed by atoms with Crippen LogP contribution in [-0.2, 0) is 13.6 Å². The Kier molecular flexibility index (Phi) is 4.32. The predicted molar refractivity (Wildman–Crippen MR) is 78.3 cm³/mol. The number of aryl methyl sites for hydroxylation is 1. The van der Waals surface area contributed by atoms with Crippen LogP contribution < -0.4 is 20.5 Å². The zero-order chi connectivity index (χ0) is 15.4. The highest BCUT2D eigenvalue weighted by Crippen LogP contribution is 2.30. The van der Waals surface area contributed by atoms with Crippen molar-refractivity contribution in [2.24, 2.45) is 7.05 Å². The zero-order valence-corrected chi connectivity index (χ0v) is 12.2. The number of nitrogens with zero attached hydrogens (tertiary/aromatic N) is 2. The van der Waals surface area contributed by atoms with Gasteiger partial charge in [-0.3, -0.25) is 4.79 Å². The first-order valence-electron chi connectivity index (χ1n) is 6.32. The lowest BCUT2D eigenvalue weighted by Gasteiger charge is -2.12. The van der Waals surface area contributed by atoms with E-state index in [4.69, 9.17) is 15.2 Å². The number of carbonyl (C=O) groups excluding carboxylic acids is 1. The molecule has 0 spiro atoms. The first kappa shape index (κ1) is 14.7. The molecular formula is C14H18N4O3. The fraction of sp³-hybridized carbons (Fsp3) is 0.286. The van der Waals surface area contributed by atoms with Gasteiger partial charge in [-0.1, -0.05) is 0 Å². The highest BCUT2D eigenvalue weighted by Gasteiger charge is 2.16. The molecular weight excluding hydrogens is 272 g/mol. The summed E-state index contributed by atoms with van der Waals surface area (Å²) in [6, 6.07) is 3.20. The average molecular weight is 290 g/mol. The number of nitrogens with one attached hydrogen (secondary N) is 1. The van der Waals surface area contributed by atoms with Gasteiger partial charge in [0, 0.05) is 25.5 Å². The normalized spacial score (nSPS) is 10.2. The number of rotatable bonds is 5. The van der Waals surface area contributed by atoms with Gasteiger partial charge < -0.3 is 25.1 Å². The molecule has 7 nitrogen and oxygen atoms in total. The van der Waals surface area contributed by atoms with Crippen LogP contribution in [0.15, 0.2) is 24.5 Å². The molecule has 0 aliphatic heterocycles. The van der Waals surface area contributed by atoms with Gasteiger partial charge in [0.15, 0.2) is 0 Å². The molecule has 7 heteroatoms. The number of carbonyl (C=O) groups is 1. The second-order valence-electron chi connectivity index (χ2n) is 4.43. The molecule has 1 heterocycles. The Labute approximate surface area is 122 Å². The molecule has 2 rings (SSSR count). The summed E-state index contributed by atoms with van der Waals surface area (Å²) in [4.78, 5) is 16.4. The quantitative estimate of drug-likeness (QED) is 0.800. The van der Waals surface area contributed by atoms with Crippen molar-refractivity contribution in [3.05, 3.63) is 35.9 Å². The predicted octanol–water partition coefficient (Wildman–Crippen LogP) is 0.949. The SMILES string of the molecule is COc1cc(OC)c(N)c(C(=O)NCc2nccn2C)c1. The minimum absolute atomic E-state index is 0.274. The Hall–Kier alpha value is -2.70. The largest absolute Gasteiger partial charge is 0.497 e. The van der Waals surface area contributed by atoms with Gasteiger partial charge >= 0.3 is 0 Å². The van der Waals surface area contributed by atoms with Gasteiger partial charge in [-0.2, -0.15) is 0 Å². The van der Waals surface area contributed by atoms with Crippen molar-refractivity contribution in [3.63, 3.8) is 0 Å². The van der Waals surface area contributed by atoms with Gasteiger partial charge in [0.25, 0.3) is 5.91 Å². The number of anilines is 1. The molecule has 112 valence electrons. The molecule has 0 bridgehead atoms. The summed E-state index contributed by atoms with van der Waals surface area (Å²) in [5.41, 5.74) is 6.51. The molecule has 0 aliphatic carbocycles. The molecule has 2 aromatic rings. The average Bonchev–Trinajstić information content (AvgIpc) is 2.90. The Bertz CT molecular complexity index is 652. The van der Waals surface area contributed by atoms with E-state index in [2.05, 4.69) is 10.3 Å². The van der Waals surface area contributed by atoms with Crippen molar-refractivity contribution in [1.82, 2.24) is 14.9 Å². The fourth-order valence-corrected chi connectivity index (χ4v) is 1.90. The minimum Gasteiger partial charge on any atom is -0.497 e. The standard InChI is InChI=1S/C14H18N4O3/c1-18-5-4-16-12(18)8-17-14(19)10-6-9(20-2)7-11(21-3)13(10)15/h4-7H,8,15H2,1-3H3,(H,17,19). The van der Waals surface area contributed by atoms with Crippen LogP contribution >= 0.6 is 0 Å². The zero-order valence-electron chi connectivity index (χ0n) is 12.2. The van der Waals surface area contributed by atoms with Crippen LogP contribution in [-0.4, -0.2) is 29.7 Å². The van der Waals surface area contributed by atoms with E-state index >= 15 is 0 Å². The highest BCUT2D eigenvalue weighted by molar-refractivity contribution is 6.00. The first-order chi connectivity index (χ1) is 10.1. The number of nitrogens with two attached hydrogens (primary N) is 1. The second kappa shape index (κ2) is 6.17. The van der Waals surface area contributed by atoms with E-state index in [1.54, 1.807) is 18.3 Å². The van der Waals surface area contributed by atoms with Crippen LogP contribution in [0.1, 0.15) is 16.2 Å². The number of ether oxygens (including phenoxy) is 2.